The molecule has 5 nitrogen and oxygen atoms in total. The van der Waals surface area contributed by atoms with E-state index in [1.807, 2.05) is 12.1 Å². The maximum Gasteiger partial charge on any atom is 0.220 e. The summed E-state index contributed by atoms with van der Waals surface area (Å²) < 4.78 is 0. The van der Waals surface area contributed by atoms with Crippen molar-refractivity contribution in [1.29, 1.82) is 0 Å². The molecular weight excluding hydrogens is 186 g/mol. The van der Waals surface area contributed by atoms with E-state index in [-0.39, 0.29) is 0 Å². The van der Waals surface area contributed by atoms with Crippen molar-refractivity contribution >= 4 is 16.5 Å². The number of hydrogen-bond acceptors (Lipinski definition) is 6. The van der Waals surface area contributed by atoms with E-state index in [1.165, 1.54) is 11.3 Å². The summed E-state index contributed by atoms with van der Waals surface area (Å²) >= 11 is 1.40. The van der Waals surface area contributed by atoms with E-state index >= 15 is 0 Å². The number of anilines is 1. The Hall–Kier alpha value is -1.53. The first-order chi connectivity index (χ1) is 6.40. The van der Waals surface area contributed by atoms with Gasteiger partial charge in [0, 0.05) is 18.0 Å². The van der Waals surface area contributed by atoms with Gasteiger partial charge in [-0.2, -0.15) is 0 Å². The number of hydrogen-bond donors (Lipinski definition) is 2. The molecule has 3 N–H and O–H groups in total. The molecule has 0 saturated heterocycles. The van der Waals surface area contributed by atoms with E-state index in [4.69, 9.17) is 5.84 Å². The van der Waals surface area contributed by atoms with Gasteiger partial charge in [-0.25, -0.2) is 5.84 Å². The van der Waals surface area contributed by atoms with Crippen molar-refractivity contribution in [2.75, 3.05) is 5.43 Å². The SMILES string of the molecule is NNc1nnc(-c2ccncc2)s1. The summed E-state index contributed by atoms with van der Waals surface area (Å²) in [6.45, 7) is 0. The molecule has 0 radical (unpaired) electrons. The fourth-order valence-electron chi connectivity index (χ4n) is 0.893. The van der Waals surface area contributed by atoms with Crippen LogP contribution < -0.4 is 11.3 Å². The number of hydrazine groups is 1. The summed E-state index contributed by atoms with van der Waals surface area (Å²) in [7, 11) is 0. The highest BCUT2D eigenvalue weighted by atomic mass is 32.1. The minimum absolute atomic E-state index is 0.604. The van der Waals surface area contributed by atoms with Crippen molar-refractivity contribution in [3.8, 4) is 10.6 Å². The minimum Gasteiger partial charge on any atom is -0.298 e. The average Bonchev–Trinajstić information content (AvgIpc) is 2.67. The lowest BCUT2D eigenvalue weighted by atomic mass is 10.3. The van der Waals surface area contributed by atoms with Crippen molar-refractivity contribution in [1.82, 2.24) is 15.2 Å². The second-order valence-electron chi connectivity index (χ2n) is 2.29. The second kappa shape index (κ2) is 3.46. The monoisotopic (exact) mass is 193 g/mol. The molecule has 2 rings (SSSR count). The predicted molar refractivity (Wildman–Crippen MR) is 51.0 cm³/mol. The minimum atomic E-state index is 0.604. The van der Waals surface area contributed by atoms with Gasteiger partial charge in [0.2, 0.25) is 5.13 Å². The van der Waals surface area contributed by atoms with Crippen LogP contribution in [0.3, 0.4) is 0 Å². The lowest BCUT2D eigenvalue weighted by Crippen LogP contribution is -2.05. The normalized spacial score (nSPS) is 9.92. The molecule has 2 aromatic heterocycles. The average molecular weight is 193 g/mol. The molecule has 2 heterocycles. The topological polar surface area (TPSA) is 76.7 Å². The molecular formula is C7H7N5S. The smallest absolute Gasteiger partial charge is 0.220 e. The van der Waals surface area contributed by atoms with Gasteiger partial charge in [0.1, 0.15) is 5.01 Å². The Morgan fingerprint density at radius 2 is 2.00 bits per heavy atom. The fraction of sp³-hybridized carbons (Fsp3) is 0. The summed E-state index contributed by atoms with van der Waals surface area (Å²) in [6, 6.07) is 3.75. The van der Waals surface area contributed by atoms with Gasteiger partial charge in [-0.05, 0) is 12.1 Å². The van der Waals surface area contributed by atoms with Crippen LogP contribution in [0.2, 0.25) is 0 Å². The molecule has 0 atom stereocenters. The predicted octanol–water partition coefficient (Wildman–Crippen LogP) is 0.886. The lowest BCUT2D eigenvalue weighted by molar-refractivity contribution is 1.08. The Bertz CT molecular complexity index is 385. The number of nitrogens with zero attached hydrogens (tertiary/aromatic N) is 3. The van der Waals surface area contributed by atoms with Crippen LogP contribution in [0.25, 0.3) is 10.6 Å². The summed E-state index contributed by atoms with van der Waals surface area (Å²) in [5.74, 6) is 5.19. The van der Waals surface area contributed by atoms with Crippen molar-refractivity contribution in [2.24, 2.45) is 5.84 Å². The molecule has 0 aliphatic heterocycles. The van der Waals surface area contributed by atoms with Gasteiger partial charge in [-0.15, -0.1) is 10.2 Å². The van der Waals surface area contributed by atoms with Gasteiger partial charge in [0.15, 0.2) is 0 Å². The molecule has 2 aromatic rings. The van der Waals surface area contributed by atoms with Gasteiger partial charge >= 0.3 is 0 Å². The number of pyridine rings is 1. The highest BCUT2D eigenvalue weighted by molar-refractivity contribution is 7.18. The Balaban J connectivity index is 2.36. The Morgan fingerprint density at radius 3 is 2.62 bits per heavy atom. The van der Waals surface area contributed by atoms with Gasteiger partial charge in [-0.1, -0.05) is 11.3 Å². The first-order valence-electron chi connectivity index (χ1n) is 3.60. The number of aromatic nitrogens is 3. The van der Waals surface area contributed by atoms with Gasteiger partial charge in [0.25, 0.3) is 0 Å². The molecule has 0 aliphatic rings. The largest absolute Gasteiger partial charge is 0.298 e. The molecule has 0 bridgehead atoms. The Kier molecular flexibility index (Phi) is 2.15. The molecule has 0 unspecified atom stereocenters. The zero-order chi connectivity index (χ0) is 9.10. The second-order valence-corrected chi connectivity index (χ2v) is 3.27. The first kappa shape index (κ1) is 8.09. The van der Waals surface area contributed by atoms with Gasteiger partial charge in [-0.3, -0.25) is 10.4 Å². The zero-order valence-corrected chi connectivity index (χ0v) is 7.45. The maximum absolute atomic E-state index is 5.19. The standard InChI is InChI=1S/C7H7N5S/c8-10-7-12-11-6(13-7)5-1-3-9-4-2-5/h1-4H,8H2,(H,10,12). The van der Waals surface area contributed by atoms with Crippen LogP contribution in [-0.2, 0) is 0 Å². The first-order valence-corrected chi connectivity index (χ1v) is 4.42. The maximum atomic E-state index is 5.19. The fourth-order valence-corrected chi connectivity index (χ4v) is 1.55. The third-order valence-corrected chi connectivity index (χ3v) is 2.38. The third kappa shape index (κ3) is 1.63. The molecule has 6 heteroatoms. The van der Waals surface area contributed by atoms with Crippen molar-refractivity contribution in [3.63, 3.8) is 0 Å². The van der Waals surface area contributed by atoms with Crippen molar-refractivity contribution < 1.29 is 0 Å². The van der Waals surface area contributed by atoms with E-state index in [9.17, 15) is 0 Å². The van der Waals surface area contributed by atoms with Crippen LogP contribution >= 0.6 is 11.3 Å². The van der Waals surface area contributed by atoms with Crippen molar-refractivity contribution in [3.05, 3.63) is 24.5 Å². The van der Waals surface area contributed by atoms with E-state index < -0.39 is 0 Å². The number of nitrogens with one attached hydrogen (secondary N) is 1. The van der Waals surface area contributed by atoms with Crippen molar-refractivity contribution in [2.45, 2.75) is 0 Å². The molecule has 0 aromatic carbocycles. The third-order valence-electron chi connectivity index (χ3n) is 1.48. The van der Waals surface area contributed by atoms with Gasteiger partial charge < -0.3 is 0 Å². The van der Waals surface area contributed by atoms with Crippen LogP contribution in [0.5, 0.6) is 0 Å². The molecule has 13 heavy (non-hydrogen) atoms. The molecule has 0 aliphatic carbocycles. The van der Waals surface area contributed by atoms with E-state index in [2.05, 4.69) is 20.6 Å². The number of nitrogen functional groups attached to an aromatic ring is 1. The van der Waals surface area contributed by atoms with Crippen LogP contribution in [-0.4, -0.2) is 15.2 Å². The van der Waals surface area contributed by atoms with Crippen LogP contribution in [0.1, 0.15) is 0 Å². The highest BCUT2D eigenvalue weighted by Gasteiger charge is 2.03. The summed E-state index contributed by atoms with van der Waals surface area (Å²) in [5.41, 5.74) is 3.44. The molecule has 0 fully saturated rings. The lowest BCUT2D eigenvalue weighted by Gasteiger charge is -1.90. The number of nitrogens with two attached hydrogens (primary N) is 1. The molecule has 0 amide bonds. The van der Waals surface area contributed by atoms with E-state index in [1.54, 1.807) is 12.4 Å². The quantitative estimate of drug-likeness (QED) is 0.547. The number of rotatable bonds is 2. The molecule has 0 spiro atoms. The summed E-state index contributed by atoms with van der Waals surface area (Å²) in [5, 5.41) is 9.21. The zero-order valence-electron chi connectivity index (χ0n) is 6.64. The van der Waals surface area contributed by atoms with E-state index in [0.29, 0.717) is 5.13 Å². The highest BCUT2D eigenvalue weighted by Crippen LogP contribution is 2.24. The van der Waals surface area contributed by atoms with Crippen LogP contribution in [0, 0.1) is 0 Å². The van der Waals surface area contributed by atoms with E-state index in [0.717, 1.165) is 10.6 Å². The Morgan fingerprint density at radius 1 is 1.23 bits per heavy atom. The molecule has 0 saturated carbocycles. The van der Waals surface area contributed by atoms with Crippen LogP contribution in [0.4, 0.5) is 5.13 Å². The van der Waals surface area contributed by atoms with Gasteiger partial charge in [0.05, 0.1) is 0 Å². The molecule has 66 valence electrons. The van der Waals surface area contributed by atoms with Crippen LogP contribution in [0.15, 0.2) is 24.5 Å². The Labute approximate surface area is 78.6 Å². The summed E-state index contributed by atoms with van der Waals surface area (Å²) in [4.78, 5) is 3.91. The summed E-state index contributed by atoms with van der Waals surface area (Å²) in [6.07, 6.45) is 3.43.